The van der Waals surface area contributed by atoms with Crippen molar-refractivity contribution in [1.29, 1.82) is 0 Å². The highest BCUT2D eigenvalue weighted by Gasteiger charge is 2.43. The number of hydrogen-bond acceptors (Lipinski definition) is 7. The summed E-state index contributed by atoms with van der Waals surface area (Å²) >= 11 is 0. The van der Waals surface area contributed by atoms with Crippen molar-refractivity contribution in [2.24, 2.45) is 5.41 Å². The van der Waals surface area contributed by atoms with Gasteiger partial charge in [0.15, 0.2) is 5.60 Å². The summed E-state index contributed by atoms with van der Waals surface area (Å²) < 4.78 is 4.80. The first-order valence-corrected chi connectivity index (χ1v) is 16.7. The maximum atomic E-state index is 14.3. The van der Waals surface area contributed by atoms with Gasteiger partial charge >= 0.3 is 6.09 Å². The van der Waals surface area contributed by atoms with E-state index in [0.717, 1.165) is 27.8 Å². The van der Waals surface area contributed by atoms with Crippen molar-refractivity contribution in [3.05, 3.63) is 131 Å². The number of nitrogens with one attached hydrogen (secondary N) is 3. The van der Waals surface area contributed by atoms with Crippen LogP contribution >= 0.6 is 0 Å². The van der Waals surface area contributed by atoms with Gasteiger partial charge in [-0.25, -0.2) is 9.80 Å². The lowest BCUT2D eigenvalue weighted by atomic mass is 9.86. The van der Waals surface area contributed by atoms with Crippen molar-refractivity contribution < 1.29 is 29.3 Å². The molecule has 50 heavy (non-hydrogen) atoms. The number of benzene rings is 4. The number of carbonyl (C=O) groups is 3. The van der Waals surface area contributed by atoms with Crippen molar-refractivity contribution in [2.75, 3.05) is 13.7 Å². The molecule has 10 heteroatoms. The van der Waals surface area contributed by atoms with Crippen LogP contribution < -0.4 is 16.1 Å². The Kier molecular flexibility index (Phi) is 11.4. The summed E-state index contributed by atoms with van der Waals surface area (Å²) in [6.07, 6.45) is -1.34. The maximum absolute atomic E-state index is 14.3. The highest BCUT2D eigenvalue weighted by atomic mass is 16.5. The van der Waals surface area contributed by atoms with Crippen molar-refractivity contribution in [2.45, 2.75) is 63.9 Å². The minimum Gasteiger partial charge on any atom is -0.453 e. The van der Waals surface area contributed by atoms with E-state index in [4.69, 9.17) is 4.74 Å². The molecule has 0 saturated carbocycles. The summed E-state index contributed by atoms with van der Waals surface area (Å²) in [6, 6.07) is 32.6. The predicted molar refractivity (Wildman–Crippen MR) is 191 cm³/mol. The van der Waals surface area contributed by atoms with Gasteiger partial charge in [0.25, 0.3) is 11.8 Å². The molecule has 0 unspecified atom stereocenters. The molecule has 1 aliphatic carbocycles. The number of hydrazine groups is 1. The average Bonchev–Trinajstić information content (AvgIpc) is 3.41. The number of carbonyl (C=O) groups excluding carboxylic acids is 3. The molecule has 262 valence electrons. The third kappa shape index (κ3) is 8.95. The number of aliphatic hydroxyl groups is 2. The highest BCUT2D eigenvalue weighted by molar-refractivity contribution is 5.87. The second-order valence-electron chi connectivity index (χ2n) is 13.9. The zero-order valence-corrected chi connectivity index (χ0v) is 28.9. The van der Waals surface area contributed by atoms with Gasteiger partial charge in [-0.15, -0.1) is 0 Å². The van der Waals surface area contributed by atoms with Crippen LogP contribution in [0.25, 0.3) is 11.1 Å². The van der Waals surface area contributed by atoms with Gasteiger partial charge in [0.2, 0.25) is 0 Å². The number of nitrogens with zero attached hydrogens (tertiary/aromatic N) is 1. The minimum absolute atomic E-state index is 0.0797. The largest absolute Gasteiger partial charge is 0.453 e. The van der Waals surface area contributed by atoms with Crippen LogP contribution in [-0.2, 0) is 33.7 Å². The molecule has 0 radical (unpaired) electrons. The van der Waals surface area contributed by atoms with E-state index in [1.165, 1.54) is 12.1 Å². The number of amides is 3. The van der Waals surface area contributed by atoms with Gasteiger partial charge in [-0.3, -0.25) is 15.0 Å². The van der Waals surface area contributed by atoms with E-state index in [1.807, 2.05) is 130 Å². The first-order chi connectivity index (χ1) is 23.9. The Morgan fingerprint density at radius 2 is 1.48 bits per heavy atom. The third-order valence-corrected chi connectivity index (χ3v) is 8.96. The van der Waals surface area contributed by atoms with Crippen LogP contribution in [0, 0.1) is 5.41 Å². The van der Waals surface area contributed by atoms with Gasteiger partial charge in [-0.05, 0) is 44.9 Å². The summed E-state index contributed by atoms with van der Waals surface area (Å²) in [6.45, 7) is 5.22. The molecule has 10 nitrogen and oxygen atoms in total. The van der Waals surface area contributed by atoms with Crippen LogP contribution in [0.15, 0.2) is 109 Å². The summed E-state index contributed by atoms with van der Waals surface area (Å²) in [5.74, 6) is -1.25. The standard InChI is InChI=1S/C40H46N4O6/c1-39(2,3)35(42-38(48)50-4)36(46)43-44(25-28-16-13-20-30(22-28)29-17-9-6-10-18-29)26-40(49,24-27-14-7-5-8-15-27)37(47)41-34-32-21-12-11-19-31(32)23-33(34)45/h5-22,33-35,45,49H,23-26H2,1-4H3,(H,41,47)(H,42,48)(H,43,46)/t33-,34+,35-,40+/m1/s1. The molecule has 0 spiro atoms. The first-order valence-electron chi connectivity index (χ1n) is 16.7. The number of aliphatic hydroxyl groups excluding tert-OH is 1. The zero-order valence-electron chi connectivity index (χ0n) is 28.9. The number of alkyl carbamates (subject to hydrolysis) is 1. The van der Waals surface area contributed by atoms with E-state index in [2.05, 4.69) is 16.1 Å². The molecule has 3 amide bonds. The number of hydrogen-bond donors (Lipinski definition) is 5. The molecule has 0 saturated heterocycles. The molecule has 5 N–H and O–H groups in total. The monoisotopic (exact) mass is 678 g/mol. The Hall–Kier alpha value is -5.03. The summed E-state index contributed by atoms with van der Waals surface area (Å²) in [5, 5.41) is 30.4. The second-order valence-corrected chi connectivity index (χ2v) is 13.9. The van der Waals surface area contributed by atoms with Gasteiger partial charge in [-0.2, -0.15) is 0 Å². The molecule has 0 heterocycles. The molecule has 1 aliphatic rings. The van der Waals surface area contributed by atoms with Crippen LogP contribution in [0.5, 0.6) is 0 Å². The molecule has 5 rings (SSSR count). The highest BCUT2D eigenvalue weighted by Crippen LogP contribution is 2.32. The fourth-order valence-electron chi connectivity index (χ4n) is 6.39. The Bertz CT molecular complexity index is 1780. The Morgan fingerprint density at radius 1 is 0.860 bits per heavy atom. The van der Waals surface area contributed by atoms with Gasteiger partial charge in [0.1, 0.15) is 6.04 Å². The van der Waals surface area contributed by atoms with Gasteiger partial charge in [0.05, 0.1) is 25.8 Å². The number of rotatable bonds is 12. The van der Waals surface area contributed by atoms with Crippen molar-refractivity contribution in [3.63, 3.8) is 0 Å². The molecule has 4 atom stereocenters. The Labute approximate surface area is 293 Å². The fraction of sp³-hybridized carbons (Fsp3) is 0.325. The molecular weight excluding hydrogens is 632 g/mol. The molecule has 0 bridgehead atoms. The molecule has 0 aromatic heterocycles. The van der Waals surface area contributed by atoms with Crippen molar-refractivity contribution >= 4 is 17.9 Å². The minimum atomic E-state index is -2.07. The lowest BCUT2D eigenvalue weighted by molar-refractivity contribution is -0.147. The van der Waals surface area contributed by atoms with Gasteiger partial charge in [0, 0.05) is 19.4 Å². The third-order valence-electron chi connectivity index (χ3n) is 8.96. The number of ether oxygens (including phenoxy) is 1. The van der Waals surface area contributed by atoms with E-state index < -0.39 is 47.1 Å². The van der Waals surface area contributed by atoms with Crippen LogP contribution in [0.3, 0.4) is 0 Å². The SMILES string of the molecule is COC(=O)N[C@H](C(=O)NN(Cc1cccc(-c2ccccc2)c1)C[C@@](O)(Cc1ccccc1)C(=O)N[C@H]1c2ccccc2C[C@H]1O)C(C)(C)C. The second kappa shape index (κ2) is 15.7. The molecule has 0 fully saturated rings. The maximum Gasteiger partial charge on any atom is 0.407 e. The van der Waals surface area contributed by atoms with Crippen LogP contribution in [-0.4, -0.2) is 64.5 Å². The Balaban J connectivity index is 1.50. The van der Waals surface area contributed by atoms with Crippen LogP contribution in [0.1, 0.15) is 49.1 Å². The Morgan fingerprint density at radius 3 is 2.16 bits per heavy atom. The van der Waals surface area contributed by atoms with E-state index in [0.29, 0.717) is 12.0 Å². The smallest absolute Gasteiger partial charge is 0.407 e. The average molecular weight is 679 g/mol. The van der Waals surface area contributed by atoms with Crippen LogP contribution in [0.2, 0.25) is 0 Å². The van der Waals surface area contributed by atoms with E-state index in [-0.39, 0.29) is 19.5 Å². The normalized spacial score (nSPS) is 17.3. The fourth-order valence-corrected chi connectivity index (χ4v) is 6.39. The quantitative estimate of drug-likeness (QED) is 0.137. The van der Waals surface area contributed by atoms with E-state index in [1.54, 1.807) is 0 Å². The topological polar surface area (TPSA) is 140 Å². The lowest BCUT2D eigenvalue weighted by Crippen LogP contribution is -2.62. The van der Waals surface area contributed by atoms with E-state index >= 15 is 0 Å². The van der Waals surface area contributed by atoms with Gasteiger partial charge in [-0.1, -0.05) is 124 Å². The molecule has 4 aromatic carbocycles. The molecule has 0 aliphatic heterocycles. The summed E-state index contributed by atoms with van der Waals surface area (Å²) in [7, 11) is 1.22. The summed E-state index contributed by atoms with van der Waals surface area (Å²) in [5.41, 5.74) is 5.31. The van der Waals surface area contributed by atoms with E-state index in [9.17, 15) is 24.6 Å². The lowest BCUT2D eigenvalue weighted by Gasteiger charge is -2.37. The first kappa shape index (κ1) is 36.3. The number of methoxy groups -OCH3 is 1. The van der Waals surface area contributed by atoms with Crippen molar-refractivity contribution in [3.8, 4) is 11.1 Å². The van der Waals surface area contributed by atoms with Crippen LogP contribution in [0.4, 0.5) is 4.79 Å². The molecule has 4 aromatic rings. The summed E-state index contributed by atoms with van der Waals surface area (Å²) in [4.78, 5) is 40.5. The van der Waals surface area contributed by atoms with Crippen molar-refractivity contribution in [1.82, 2.24) is 21.1 Å². The zero-order chi connectivity index (χ0) is 35.9. The van der Waals surface area contributed by atoms with Gasteiger partial charge < -0.3 is 25.6 Å². The molecular formula is C40H46N4O6. The predicted octanol–water partition coefficient (Wildman–Crippen LogP) is 4.71. The number of fused-ring (bicyclic) bond motifs is 1.